The van der Waals surface area contributed by atoms with Gasteiger partial charge in [-0.25, -0.2) is 4.39 Å². The summed E-state index contributed by atoms with van der Waals surface area (Å²) in [4.78, 5) is 23.2. The topological polar surface area (TPSA) is 80.6 Å². The lowest BCUT2D eigenvalue weighted by Crippen LogP contribution is -2.41. The number of halogens is 1. The molecule has 0 spiro atoms. The van der Waals surface area contributed by atoms with E-state index in [1.54, 1.807) is 0 Å². The van der Waals surface area contributed by atoms with E-state index in [4.69, 9.17) is 9.15 Å². The first-order valence-corrected chi connectivity index (χ1v) is 5.59. The fourth-order valence-electron chi connectivity index (χ4n) is 1.46. The highest BCUT2D eigenvalue weighted by Crippen LogP contribution is 2.15. The average Bonchev–Trinajstić information content (AvgIpc) is 2.98. The zero-order valence-corrected chi connectivity index (χ0v) is 10.5. The van der Waals surface area contributed by atoms with Gasteiger partial charge in [-0.1, -0.05) is 0 Å². The number of hydrogen-bond donors (Lipinski definition) is 2. The Hall–Kier alpha value is -2.83. The zero-order chi connectivity index (χ0) is 14.5. The first-order valence-electron chi connectivity index (χ1n) is 5.59. The maximum absolute atomic E-state index is 13.6. The third kappa shape index (κ3) is 2.94. The van der Waals surface area contributed by atoms with Crippen molar-refractivity contribution in [2.24, 2.45) is 0 Å². The van der Waals surface area contributed by atoms with E-state index in [-0.39, 0.29) is 11.3 Å². The van der Waals surface area contributed by atoms with Crippen LogP contribution in [-0.2, 0) is 0 Å². The van der Waals surface area contributed by atoms with Crippen LogP contribution in [0.4, 0.5) is 4.39 Å². The normalized spacial score (nSPS) is 9.90. The van der Waals surface area contributed by atoms with E-state index in [1.807, 2.05) is 0 Å². The molecule has 0 saturated carbocycles. The molecule has 0 saturated heterocycles. The molecule has 2 amide bonds. The van der Waals surface area contributed by atoms with Crippen molar-refractivity contribution in [3.63, 3.8) is 0 Å². The highest BCUT2D eigenvalue weighted by atomic mass is 19.1. The molecule has 0 atom stereocenters. The maximum Gasteiger partial charge on any atom is 0.305 e. The molecule has 2 rings (SSSR count). The van der Waals surface area contributed by atoms with Crippen LogP contribution in [0.2, 0.25) is 0 Å². The van der Waals surface area contributed by atoms with Crippen molar-refractivity contribution in [1.29, 1.82) is 0 Å². The van der Waals surface area contributed by atoms with Crippen LogP contribution in [0.25, 0.3) is 0 Å². The Morgan fingerprint density at radius 3 is 2.55 bits per heavy atom. The van der Waals surface area contributed by atoms with E-state index in [2.05, 4.69) is 10.9 Å². The van der Waals surface area contributed by atoms with E-state index in [0.29, 0.717) is 5.75 Å². The van der Waals surface area contributed by atoms with Crippen molar-refractivity contribution in [3.05, 3.63) is 53.7 Å². The first-order chi connectivity index (χ1) is 9.61. The van der Waals surface area contributed by atoms with Gasteiger partial charge in [-0.15, -0.1) is 0 Å². The molecule has 104 valence electrons. The van der Waals surface area contributed by atoms with Crippen LogP contribution in [-0.4, -0.2) is 18.9 Å². The van der Waals surface area contributed by atoms with Gasteiger partial charge in [0.25, 0.3) is 5.91 Å². The molecule has 1 aromatic heterocycles. The van der Waals surface area contributed by atoms with Crippen molar-refractivity contribution in [3.8, 4) is 5.75 Å². The number of rotatable bonds is 3. The fourth-order valence-corrected chi connectivity index (χ4v) is 1.46. The van der Waals surface area contributed by atoms with Crippen LogP contribution < -0.4 is 15.6 Å². The molecular formula is C13H11FN2O4. The standard InChI is InChI=1S/C13H11FN2O4/c1-19-8-4-5-9(10(14)7-8)12(17)15-16-13(18)11-3-2-6-20-11/h2-7H,1H3,(H,15,17)(H,16,18). The van der Waals surface area contributed by atoms with Crippen LogP contribution >= 0.6 is 0 Å². The van der Waals surface area contributed by atoms with Gasteiger partial charge in [0.1, 0.15) is 11.6 Å². The predicted octanol–water partition coefficient (Wildman–Crippen LogP) is 1.50. The number of hydrazine groups is 1. The number of furan rings is 1. The Morgan fingerprint density at radius 2 is 1.95 bits per heavy atom. The summed E-state index contributed by atoms with van der Waals surface area (Å²) in [6.45, 7) is 0. The minimum Gasteiger partial charge on any atom is -0.497 e. The van der Waals surface area contributed by atoms with Crippen LogP contribution in [0, 0.1) is 5.82 Å². The highest BCUT2D eigenvalue weighted by molar-refractivity contribution is 5.98. The Balaban J connectivity index is 2.00. The van der Waals surface area contributed by atoms with Gasteiger partial charge >= 0.3 is 5.91 Å². The average molecular weight is 278 g/mol. The number of carbonyl (C=O) groups is 2. The van der Waals surface area contributed by atoms with Gasteiger partial charge in [-0.05, 0) is 24.3 Å². The van der Waals surface area contributed by atoms with Gasteiger partial charge in [0, 0.05) is 6.07 Å². The predicted molar refractivity (Wildman–Crippen MR) is 66.6 cm³/mol. The number of amides is 2. The number of carbonyl (C=O) groups excluding carboxylic acids is 2. The van der Waals surface area contributed by atoms with Crippen molar-refractivity contribution < 1.29 is 23.1 Å². The molecule has 0 aliphatic heterocycles. The summed E-state index contributed by atoms with van der Waals surface area (Å²) in [6.07, 6.45) is 1.32. The number of methoxy groups -OCH3 is 1. The van der Waals surface area contributed by atoms with Crippen LogP contribution in [0.15, 0.2) is 41.0 Å². The molecule has 0 radical (unpaired) electrons. The largest absolute Gasteiger partial charge is 0.497 e. The number of nitrogens with one attached hydrogen (secondary N) is 2. The smallest absolute Gasteiger partial charge is 0.305 e. The molecule has 6 nitrogen and oxygen atoms in total. The molecule has 1 aromatic carbocycles. The third-order valence-electron chi connectivity index (χ3n) is 2.46. The minimum absolute atomic E-state index is 0.0282. The summed E-state index contributed by atoms with van der Waals surface area (Å²) >= 11 is 0. The molecular weight excluding hydrogens is 267 g/mol. The molecule has 0 aliphatic carbocycles. The monoisotopic (exact) mass is 278 g/mol. The molecule has 20 heavy (non-hydrogen) atoms. The fraction of sp³-hybridized carbons (Fsp3) is 0.0769. The molecule has 1 heterocycles. The maximum atomic E-state index is 13.6. The second kappa shape index (κ2) is 5.87. The lowest BCUT2D eigenvalue weighted by molar-refractivity contribution is 0.0828. The second-order valence-corrected chi connectivity index (χ2v) is 3.73. The van der Waals surface area contributed by atoms with E-state index in [0.717, 1.165) is 6.07 Å². The zero-order valence-electron chi connectivity index (χ0n) is 10.5. The second-order valence-electron chi connectivity index (χ2n) is 3.73. The Kier molecular flexibility index (Phi) is 3.99. The lowest BCUT2D eigenvalue weighted by atomic mass is 10.2. The summed E-state index contributed by atoms with van der Waals surface area (Å²) in [5, 5.41) is 0. The number of ether oxygens (including phenoxy) is 1. The van der Waals surface area contributed by atoms with Crippen molar-refractivity contribution in [2.75, 3.05) is 7.11 Å². The first kappa shape index (κ1) is 13.6. The third-order valence-corrected chi connectivity index (χ3v) is 2.46. The highest BCUT2D eigenvalue weighted by Gasteiger charge is 2.14. The molecule has 2 N–H and O–H groups in total. The van der Waals surface area contributed by atoms with Gasteiger partial charge in [0.2, 0.25) is 0 Å². The van der Waals surface area contributed by atoms with Gasteiger partial charge in [0.05, 0.1) is 18.9 Å². The SMILES string of the molecule is COc1ccc(C(=O)NNC(=O)c2ccco2)c(F)c1. The minimum atomic E-state index is -0.787. The van der Waals surface area contributed by atoms with Crippen LogP contribution in [0.1, 0.15) is 20.9 Å². The molecule has 2 aromatic rings. The van der Waals surface area contributed by atoms with Crippen LogP contribution in [0.3, 0.4) is 0 Å². The van der Waals surface area contributed by atoms with E-state index >= 15 is 0 Å². The molecule has 0 aliphatic rings. The lowest BCUT2D eigenvalue weighted by Gasteiger charge is -2.07. The Bertz CT molecular complexity index is 625. The summed E-state index contributed by atoms with van der Waals surface area (Å²) < 4.78 is 23.3. The summed E-state index contributed by atoms with van der Waals surface area (Å²) in [5.41, 5.74) is 3.98. The van der Waals surface area contributed by atoms with Gasteiger partial charge < -0.3 is 9.15 Å². The van der Waals surface area contributed by atoms with E-state index in [9.17, 15) is 14.0 Å². The number of benzene rings is 1. The van der Waals surface area contributed by atoms with Gasteiger partial charge in [-0.2, -0.15) is 0 Å². The Labute approximate surface area is 113 Å². The molecule has 7 heteroatoms. The van der Waals surface area contributed by atoms with E-state index in [1.165, 1.54) is 37.6 Å². The van der Waals surface area contributed by atoms with Crippen LogP contribution in [0.5, 0.6) is 5.75 Å². The van der Waals surface area contributed by atoms with Crippen molar-refractivity contribution in [2.45, 2.75) is 0 Å². The van der Waals surface area contributed by atoms with Gasteiger partial charge in [-0.3, -0.25) is 20.4 Å². The summed E-state index contributed by atoms with van der Waals surface area (Å²) in [7, 11) is 1.39. The van der Waals surface area contributed by atoms with E-state index < -0.39 is 17.6 Å². The summed E-state index contributed by atoms with van der Waals surface area (Å²) in [6, 6.07) is 6.72. The number of hydrogen-bond acceptors (Lipinski definition) is 4. The summed E-state index contributed by atoms with van der Waals surface area (Å²) in [5.74, 6) is -1.87. The Morgan fingerprint density at radius 1 is 1.20 bits per heavy atom. The van der Waals surface area contributed by atoms with Gasteiger partial charge in [0.15, 0.2) is 5.76 Å². The molecule has 0 fully saturated rings. The van der Waals surface area contributed by atoms with Crippen molar-refractivity contribution >= 4 is 11.8 Å². The molecule has 0 bridgehead atoms. The quantitative estimate of drug-likeness (QED) is 0.834. The van der Waals surface area contributed by atoms with Crippen molar-refractivity contribution in [1.82, 2.24) is 10.9 Å². The molecule has 0 unspecified atom stereocenters.